The van der Waals surface area contributed by atoms with Crippen molar-refractivity contribution in [3.8, 4) is 5.88 Å². The van der Waals surface area contributed by atoms with Crippen LogP contribution < -0.4 is 10.1 Å². The lowest BCUT2D eigenvalue weighted by molar-refractivity contribution is -0.383. The summed E-state index contributed by atoms with van der Waals surface area (Å²) >= 11 is 0. The number of para-hydroxylation sites is 2. The van der Waals surface area contributed by atoms with Gasteiger partial charge in [0.15, 0.2) is 0 Å². The van der Waals surface area contributed by atoms with E-state index in [1.807, 2.05) is 0 Å². The Morgan fingerprint density at radius 3 is 3.05 bits per heavy atom. The molecule has 0 atom stereocenters. The van der Waals surface area contributed by atoms with Crippen LogP contribution in [-0.2, 0) is 6.54 Å². The highest BCUT2D eigenvalue weighted by molar-refractivity contribution is 6.06. The lowest BCUT2D eigenvalue weighted by Gasteiger charge is -2.15. The Labute approximate surface area is 119 Å². The normalized spacial score (nSPS) is 13.1. The zero-order chi connectivity index (χ0) is 14.8. The Morgan fingerprint density at radius 1 is 1.43 bits per heavy atom. The van der Waals surface area contributed by atoms with Gasteiger partial charge in [-0.1, -0.05) is 12.1 Å². The van der Waals surface area contributed by atoms with Gasteiger partial charge >= 0.3 is 0 Å². The first-order valence-electron chi connectivity index (χ1n) is 6.40. The third kappa shape index (κ3) is 2.42. The van der Waals surface area contributed by atoms with Crippen LogP contribution in [0.4, 0.5) is 11.4 Å². The number of nitrogens with one attached hydrogen (secondary N) is 1. The van der Waals surface area contributed by atoms with Crippen LogP contribution in [0.5, 0.6) is 5.88 Å². The number of fused-ring (bicyclic) bond motifs is 1. The number of hydrogen-bond donors (Lipinski definition) is 1. The first-order chi connectivity index (χ1) is 10.2. The summed E-state index contributed by atoms with van der Waals surface area (Å²) in [5, 5.41) is 17.5. The highest BCUT2D eigenvalue weighted by atomic mass is 16.6. The quantitative estimate of drug-likeness (QED) is 0.686. The number of rotatable bonds is 3. The fraction of sp³-hybridized carbons (Fsp3) is 0.231. The van der Waals surface area contributed by atoms with E-state index in [0.717, 1.165) is 6.42 Å². The number of aromatic nitrogens is 2. The second-order valence-electron chi connectivity index (χ2n) is 4.52. The van der Waals surface area contributed by atoms with Crippen LogP contribution >= 0.6 is 0 Å². The fourth-order valence-corrected chi connectivity index (χ4v) is 2.15. The third-order valence-electron chi connectivity index (χ3n) is 3.14. The van der Waals surface area contributed by atoms with Crippen molar-refractivity contribution in [2.24, 2.45) is 0 Å². The van der Waals surface area contributed by atoms with Gasteiger partial charge in [-0.05, 0) is 6.07 Å². The Balaban J connectivity index is 1.87. The monoisotopic (exact) mass is 288 g/mol. The largest absolute Gasteiger partial charge is 0.477 e. The van der Waals surface area contributed by atoms with Gasteiger partial charge in [0.1, 0.15) is 11.3 Å². The minimum absolute atomic E-state index is 0.142. The van der Waals surface area contributed by atoms with Gasteiger partial charge in [-0.15, -0.1) is 0 Å². The van der Waals surface area contributed by atoms with Crippen molar-refractivity contribution in [1.82, 2.24) is 9.78 Å². The molecule has 2 heterocycles. The topological polar surface area (TPSA) is 99.3 Å². The molecule has 2 aromatic rings. The maximum absolute atomic E-state index is 12.3. The maximum Gasteiger partial charge on any atom is 0.292 e. The average molecular weight is 288 g/mol. The number of nitro benzene ring substituents is 1. The SMILES string of the molecule is O=C(Nc1ccccc1[N+](=O)[O-])c1cnn2c1OCCC2. The second kappa shape index (κ2) is 5.23. The Kier molecular flexibility index (Phi) is 3.27. The summed E-state index contributed by atoms with van der Waals surface area (Å²) < 4.78 is 7.05. The average Bonchev–Trinajstić information content (AvgIpc) is 2.91. The Bertz CT molecular complexity index is 710. The number of benzene rings is 1. The number of anilines is 1. The van der Waals surface area contributed by atoms with E-state index in [0.29, 0.717) is 19.0 Å². The number of hydrogen-bond acceptors (Lipinski definition) is 5. The smallest absolute Gasteiger partial charge is 0.292 e. The van der Waals surface area contributed by atoms with E-state index in [2.05, 4.69) is 10.4 Å². The molecule has 0 aliphatic carbocycles. The summed E-state index contributed by atoms with van der Waals surface area (Å²) in [6, 6.07) is 5.97. The second-order valence-corrected chi connectivity index (χ2v) is 4.52. The van der Waals surface area contributed by atoms with Gasteiger partial charge in [-0.3, -0.25) is 14.9 Å². The summed E-state index contributed by atoms with van der Waals surface area (Å²) in [6.45, 7) is 1.21. The van der Waals surface area contributed by atoms with E-state index >= 15 is 0 Å². The van der Waals surface area contributed by atoms with Gasteiger partial charge in [0.2, 0.25) is 5.88 Å². The molecule has 1 N–H and O–H groups in total. The van der Waals surface area contributed by atoms with Gasteiger partial charge < -0.3 is 10.1 Å². The van der Waals surface area contributed by atoms with Crippen LogP contribution in [0.2, 0.25) is 0 Å². The van der Waals surface area contributed by atoms with E-state index in [4.69, 9.17) is 4.74 Å². The first-order valence-corrected chi connectivity index (χ1v) is 6.40. The molecular formula is C13H12N4O4. The van der Waals surface area contributed by atoms with Crippen LogP contribution in [0.1, 0.15) is 16.8 Å². The number of nitro groups is 1. The summed E-state index contributed by atoms with van der Waals surface area (Å²) in [6.07, 6.45) is 2.24. The number of nitrogens with zero attached hydrogens (tertiary/aromatic N) is 3. The Morgan fingerprint density at radius 2 is 2.24 bits per heavy atom. The van der Waals surface area contributed by atoms with E-state index in [-0.39, 0.29) is 16.9 Å². The van der Waals surface area contributed by atoms with Crippen LogP contribution in [-0.4, -0.2) is 27.2 Å². The van der Waals surface area contributed by atoms with Gasteiger partial charge in [-0.25, -0.2) is 4.68 Å². The molecule has 1 aromatic carbocycles. The predicted molar refractivity (Wildman–Crippen MR) is 73.4 cm³/mol. The molecular weight excluding hydrogens is 276 g/mol. The molecule has 21 heavy (non-hydrogen) atoms. The van der Waals surface area contributed by atoms with Crippen LogP contribution in [0.15, 0.2) is 30.5 Å². The molecule has 108 valence electrons. The summed E-state index contributed by atoms with van der Waals surface area (Å²) in [7, 11) is 0. The summed E-state index contributed by atoms with van der Waals surface area (Å²) in [4.78, 5) is 22.6. The molecule has 8 nitrogen and oxygen atoms in total. The number of amides is 1. The molecule has 1 amide bonds. The van der Waals surface area contributed by atoms with Crippen LogP contribution in [0.25, 0.3) is 0 Å². The molecule has 1 aromatic heterocycles. The first kappa shape index (κ1) is 13.1. The van der Waals surface area contributed by atoms with Crippen molar-refractivity contribution in [3.63, 3.8) is 0 Å². The number of aryl methyl sites for hydroxylation is 1. The Hall–Kier alpha value is -2.90. The van der Waals surface area contributed by atoms with Crippen molar-refractivity contribution in [1.29, 1.82) is 0 Å². The van der Waals surface area contributed by atoms with Gasteiger partial charge in [0.05, 0.1) is 17.7 Å². The van der Waals surface area contributed by atoms with E-state index in [1.165, 1.54) is 18.3 Å². The lowest BCUT2D eigenvalue weighted by atomic mass is 10.2. The lowest BCUT2D eigenvalue weighted by Crippen LogP contribution is -2.18. The minimum atomic E-state index is -0.542. The predicted octanol–water partition coefficient (Wildman–Crippen LogP) is 1.83. The van der Waals surface area contributed by atoms with E-state index in [9.17, 15) is 14.9 Å². The zero-order valence-corrected chi connectivity index (χ0v) is 11.0. The van der Waals surface area contributed by atoms with E-state index in [1.54, 1.807) is 16.8 Å². The molecule has 0 saturated carbocycles. The van der Waals surface area contributed by atoms with Crippen molar-refractivity contribution in [3.05, 3.63) is 46.1 Å². The zero-order valence-electron chi connectivity index (χ0n) is 11.0. The molecule has 1 aliphatic heterocycles. The highest BCUT2D eigenvalue weighted by Gasteiger charge is 2.23. The maximum atomic E-state index is 12.3. The van der Waals surface area contributed by atoms with Crippen LogP contribution in [0, 0.1) is 10.1 Å². The van der Waals surface area contributed by atoms with Crippen molar-refractivity contribution in [2.45, 2.75) is 13.0 Å². The van der Waals surface area contributed by atoms with Crippen molar-refractivity contribution < 1.29 is 14.5 Å². The molecule has 3 rings (SSSR count). The molecule has 0 fully saturated rings. The number of ether oxygens (including phenoxy) is 1. The van der Waals surface area contributed by atoms with Crippen molar-refractivity contribution >= 4 is 17.3 Å². The van der Waals surface area contributed by atoms with Gasteiger partial charge in [0, 0.05) is 19.0 Å². The van der Waals surface area contributed by atoms with Gasteiger partial charge in [-0.2, -0.15) is 5.10 Å². The molecule has 0 bridgehead atoms. The summed E-state index contributed by atoms with van der Waals surface area (Å²) in [5.41, 5.74) is 0.254. The third-order valence-corrected chi connectivity index (χ3v) is 3.14. The van der Waals surface area contributed by atoms with Crippen LogP contribution in [0.3, 0.4) is 0 Å². The van der Waals surface area contributed by atoms with Gasteiger partial charge in [0.25, 0.3) is 11.6 Å². The number of carbonyl (C=O) groups is 1. The highest BCUT2D eigenvalue weighted by Crippen LogP contribution is 2.27. The standard InChI is InChI=1S/C13H12N4O4/c18-12(9-8-14-16-6-3-7-21-13(9)16)15-10-4-1-2-5-11(10)17(19)20/h1-2,4-5,8H,3,6-7H2,(H,15,18). The van der Waals surface area contributed by atoms with E-state index < -0.39 is 10.8 Å². The summed E-state index contributed by atoms with van der Waals surface area (Å²) in [5.74, 6) is -0.0789. The molecule has 0 unspecified atom stereocenters. The molecule has 0 saturated heterocycles. The number of carbonyl (C=O) groups excluding carboxylic acids is 1. The minimum Gasteiger partial charge on any atom is -0.477 e. The molecule has 8 heteroatoms. The molecule has 0 spiro atoms. The van der Waals surface area contributed by atoms with Crippen molar-refractivity contribution in [2.75, 3.05) is 11.9 Å². The molecule has 0 radical (unpaired) electrons. The fourth-order valence-electron chi connectivity index (χ4n) is 2.15. The molecule has 1 aliphatic rings.